The Morgan fingerprint density at radius 3 is 2.48 bits per heavy atom. The van der Waals surface area contributed by atoms with E-state index >= 15 is 0 Å². The van der Waals surface area contributed by atoms with Gasteiger partial charge in [-0.3, -0.25) is 9.59 Å². The van der Waals surface area contributed by atoms with E-state index in [0.29, 0.717) is 18.0 Å². The van der Waals surface area contributed by atoms with Crippen LogP contribution in [0.4, 0.5) is 0 Å². The van der Waals surface area contributed by atoms with E-state index in [-0.39, 0.29) is 23.8 Å². The summed E-state index contributed by atoms with van der Waals surface area (Å²) in [4.78, 5) is 25.8. The van der Waals surface area contributed by atoms with Gasteiger partial charge in [-0.1, -0.05) is 30.7 Å². The number of methoxy groups -OCH3 is 1. The van der Waals surface area contributed by atoms with Crippen LogP contribution in [0.5, 0.6) is 0 Å². The quantitative estimate of drug-likeness (QED) is 0.759. The molecule has 1 aliphatic rings. The molecule has 0 aromatic heterocycles. The van der Waals surface area contributed by atoms with Gasteiger partial charge in [0.15, 0.2) is 0 Å². The van der Waals surface area contributed by atoms with Gasteiger partial charge in [-0.15, -0.1) is 0 Å². The summed E-state index contributed by atoms with van der Waals surface area (Å²) in [6.07, 6.45) is 2.36. The maximum absolute atomic E-state index is 12.5. The number of hydrogen-bond acceptors (Lipinski definition) is 3. The topological polar surface area (TPSA) is 46.6 Å². The third kappa shape index (κ3) is 4.46. The fraction of sp³-hybridized carbons (Fsp3) is 0.500. The lowest BCUT2D eigenvalue weighted by Gasteiger charge is -2.25. The Balaban J connectivity index is 1.99. The molecule has 0 aliphatic heterocycles. The molecular formula is C16H20ClNO3. The normalized spacial score (nSPS) is 15.4. The Morgan fingerprint density at radius 1 is 1.33 bits per heavy atom. The third-order valence-corrected chi connectivity index (χ3v) is 3.90. The van der Waals surface area contributed by atoms with E-state index in [4.69, 9.17) is 16.3 Å². The molecule has 1 unspecified atom stereocenters. The van der Waals surface area contributed by atoms with Gasteiger partial charge in [0.2, 0.25) is 5.91 Å². The van der Waals surface area contributed by atoms with Gasteiger partial charge in [-0.05, 0) is 30.5 Å². The first-order valence-electron chi connectivity index (χ1n) is 7.13. The van der Waals surface area contributed by atoms with E-state index in [0.717, 1.165) is 18.4 Å². The highest BCUT2D eigenvalue weighted by molar-refractivity contribution is 6.30. The van der Waals surface area contributed by atoms with Crippen molar-refractivity contribution in [3.63, 3.8) is 0 Å². The molecule has 0 N–H and O–H groups in total. The summed E-state index contributed by atoms with van der Waals surface area (Å²) in [6, 6.07) is 7.55. The van der Waals surface area contributed by atoms with E-state index < -0.39 is 0 Å². The molecule has 114 valence electrons. The third-order valence-electron chi connectivity index (χ3n) is 3.65. The number of nitrogens with zero attached hydrogens (tertiary/aromatic N) is 1. The minimum atomic E-state index is -0.301. The molecule has 0 heterocycles. The highest BCUT2D eigenvalue weighted by Gasteiger charge is 2.34. The van der Waals surface area contributed by atoms with Crippen LogP contribution in [0.3, 0.4) is 0 Å². The highest BCUT2D eigenvalue weighted by atomic mass is 35.5. The lowest BCUT2D eigenvalue weighted by Crippen LogP contribution is -2.39. The molecule has 0 bridgehead atoms. The highest BCUT2D eigenvalue weighted by Crippen LogP contribution is 2.28. The molecule has 1 aromatic carbocycles. The smallest absolute Gasteiger partial charge is 0.310 e. The van der Waals surface area contributed by atoms with Crippen LogP contribution in [0.25, 0.3) is 0 Å². The van der Waals surface area contributed by atoms with E-state index in [1.807, 2.05) is 17.0 Å². The molecule has 1 fully saturated rings. The molecule has 1 aliphatic carbocycles. The number of ether oxygens (including phenoxy) is 1. The van der Waals surface area contributed by atoms with Crippen LogP contribution in [0.15, 0.2) is 24.3 Å². The van der Waals surface area contributed by atoms with Crippen LogP contribution in [-0.2, 0) is 20.7 Å². The van der Waals surface area contributed by atoms with Gasteiger partial charge in [-0.2, -0.15) is 0 Å². The van der Waals surface area contributed by atoms with Crippen LogP contribution in [0.2, 0.25) is 5.02 Å². The molecule has 1 atom stereocenters. The van der Waals surface area contributed by atoms with Crippen molar-refractivity contribution in [3.8, 4) is 0 Å². The molecule has 1 aromatic rings. The molecule has 0 saturated heterocycles. The summed E-state index contributed by atoms with van der Waals surface area (Å²) in [5.41, 5.74) is 0.931. The first-order valence-corrected chi connectivity index (χ1v) is 7.50. The van der Waals surface area contributed by atoms with Crippen molar-refractivity contribution in [2.75, 3.05) is 13.7 Å². The van der Waals surface area contributed by atoms with E-state index in [9.17, 15) is 9.59 Å². The minimum absolute atomic E-state index is 0.0515. The summed E-state index contributed by atoms with van der Waals surface area (Å²) >= 11 is 5.84. The number of hydrogen-bond donors (Lipinski definition) is 0. The van der Waals surface area contributed by atoms with Gasteiger partial charge in [0, 0.05) is 17.6 Å². The molecule has 4 nitrogen and oxygen atoms in total. The Bertz CT molecular complexity index is 511. The summed E-state index contributed by atoms with van der Waals surface area (Å²) in [6.45, 7) is 2.21. The number of rotatable bonds is 6. The summed E-state index contributed by atoms with van der Waals surface area (Å²) in [7, 11) is 1.37. The van der Waals surface area contributed by atoms with Crippen molar-refractivity contribution in [3.05, 3.63) is 34.9 Å². The number of halogens is 1. The molecule has 0 spiro atoms. The van der Waals surface area contributed by atoms with Crippen molar-refractivity contribution in [1.82, 2.24) is 4.90 Å². The van der Waals surface area contributed by atoms with Gasteiger partial charge in [0.25, 0.3) is 0 Å². The van der Waals surface area contributed by atoms with Crippen LogP contribution in [0.1, 0.15) is 25.3 Å². The van der Waals surface area contributed by atoms with Gasteiger partial charge in [0.05, 0.1) is 19.4 Å². The van der Waals surface area contributed by atoms with Crippen molar-refractivity contribution in [1.29, 1.82) is 0 Å². The SMILES string of the molecule is COC(=O)C(C)CN(C(=O)Cc1ccc(Cl)cc1)C1CC1. The average Bonchev–Trinajstić information content (AvgIpc) is 3.30. The fourth-order valence-electron chi connectivity index (χ4n) is 2.29. The molecule has 1 saturated carbocycles. The first-order chi connectivity index (χ1) is 10.0. The van der Waals surface area contributed by atoms with Crippen molar-refractivity contribution < 1.29 is 14.3 Å². The molecular weight excluding hydrogens is 290 g/mol. The second-order valence-corrected chi connectivity index (χ2v) is 5.94. The maximum atomic E-state index is 12.5. The Morgan fingerprint density at radius 2 is 1.95 bits per heavy atom. The van der Waals surface area contributed by atoms with Gasteiger partial charge in [-0.25, -0.2) is 0 Å². The second-order valence-electron chi connectivity index (χ2n) is 5.50. The average molecular weight is 310 g/mol. The number of esters is 1. The summed E-state index contributed by atoms with van der Waals surface area (Å²) in [5, 5.41) is 0.657. The van der Waals surface area contributed by atoms with Gasteiger partial charge in [0.1, 0.15) is 0 Å². The Labute approximate surface area is 130 Å². The zero-order valence-corrected chi connectivity index (χ0v) is 13.1. The fourth-order valence-corrected chi connectivity index (χ4v) is 2.42. The van der Waals surface area contributed by atoms with Crippen LogP contribution in [0, 0.1) is 5.92 Å². The minimum Gasteiger partial charge on any atom is -0.469 e. The predicted molar refractivity (Wildman–Crippen MR) is 81.1 cm³/mol. The first kappa shape index (κ1) is 15.8. The number of benzene rings is 1. The van der Waals surface area contributed by atoms with Crippen LogP contribution in [-0.4, -0.2) is 36.5 Å². The van der Waals surface area contributed by atoms with Gasteiger partial charge >= 0.3 is 5.97 Å². The Hall–Kier alpha value is -1.55. The number of carbonyl (C=O) groups is 2. The monoisotopic (exact) mass is 309 g/mol. The number of amides is 1. The van der Waals surface area contributed by atoms with Crippen molar-refractivity contribution >= 4 is 23.5 Å². The standard InChI is InChI=1S/C16H20ClNO3/c1-11(16(20)21-2)10-18(14-7-8-14)15(19)9-12-3-5-13(17)6-4-12/h3-6,11,14H,7-10H2,1-2H3. The van der Waals surface area contributed by atoms with Crippen LogP contribution >= 0.6 is 11.6 Å². The van der Waals surface area contributed by atoms with E-state index in [1.54, 1.807) is 19.1 Å². The summed E-state index contributed by atoms with van der Waals surface area (Å²) in [5.74, 6) is -0.528. The molecule has 0 radical (unpaired) electrons. The molecule has 2 rings (SSSR count). The zero-order valence-electron chi connectivity index (χ0n) is 12.3. The number of carbonyl (C=O) groups excluding carboxylic acids is 2. The zero-order chi connectivity index (χ0) is 15.4. The predicted octanol–water partition coefficient (Wildman–Crippen LogP) is 2.68. The maximum Gasteiger partial charge on any atom is 0.310 e. The second kappa shape index (κ2) is 6.94. The lowest BCUT2D eigenvalue weighted by molar-refractivity contribution is -0.146. The van der Waals surface area contributed by atoms with Crippen molar-refractivity contribution in [2.45, 2.75) is 32.2 Å². The lowest BCUT2D eigenvalue weighted by atomic mass is 10.1. The molecule has 1 amide bonds. The summed E-state index contributed by atoms with van der Waals surface area (Å²) < 4.78 is 4.73. The molecule has 5 heteroatoms. The largest absolute Gasteiger partial charge is 0.469 e. The van der Waals surface area contributed by atoms with Crippen molar-refractivity contribution in [2.24, 2.45) is 5.92 Å². The molecule has 21 heavy (non-hydrogen) atoms. The van der Waals surface area contributed by atoms with Crippen LogP contribution < -0.4 is 0 Å². The van der Waals surface area contributed by atoms with E-state index in [1.165, 1.54) is 7.11 Å². The van der Waals surface area contributed by atoms with Gasteiger partial charge < -0.3 is 9.64 Å². The van der Waals surface area contributed by atoms with E-state index in [2.05, 4.69) is 0 Å². The Kier molecular flexibility index (Phi) is 5.23.